The molecule has 0 bridgehead atoms. The number of ether oxygens (including phenoxy) is 2. The molecule has 1 heterocycles. The molecule has 0 saturated heterocycles. The van der Waals surface area contributed by atoms with Crippen LogP contribution in [0.25, 0.3) is 21.8 Å². The normalized spacial score (nSPS) is 11.3. The topological polar surface area (TPSA) is 53.4 Å². The molecule has 3 aromatic carbocycles. The smallest absolute Gasteiger partial charge is 0.338 e. The first-order chi connectivity index (χ1) is 15.7. The van der Waals surface area contributed by atoms with E-state index in [2.05, 4.69) is 47.0 Å². The molecule has 0 aliphatic heterocycles. The van der Waals surface area contributed by atoms with Gasteiger partial charge in [-0.2, -0.15) is 0 Å². The molecule has 0 fully saturated rings. The van der Waals surface area contributed by atoms with Crippen molar-refractivity contribution in [3.05, 3.63) is 71.8 Å². The lowest BCUT2D eigenvalue weighted by molar-refractivity contribution is 0.0526. The van der Waals surface area contributed by atoms with Gasteiger partial charge < -0.3 is 14.0 Å². The SMILES string of the molecule is CCOCCCn1c(SCc2ccc3ccccc3c2)nc2cc(C(=O)OCC)ccc21. The van der Waals surface area contributed by atoms with Crippen LogP contribution in [0.1, 0.15) is 36.2 Å². The molecular formula is C26H28N2O3S. The highest BCUT2D eigenvalue weighted by Gasteiger charge is 2.15. The van der Waals surface area contributed by atoms with E-state index < -0.39 is 0 Å². The van der Waals surface area contributed by atoms with Crippen LogP contribution in [0.2, 0.25) is 0 Å². The summed E-state index contributed by atoms with van der Waals surface area (Å²) in [4.78, 5) is 17.0. The summed E-state index contributed by atoms with van der Waals surface area (Å²) < 4.78 is 12.9. The number of hydrogen-bond donors (Lipinski definition) is 0. The summed E-state index contributed by atoms with van der Waals surface area (Å²) in [6, 6.07) is 20.6. The number of imidazole rings is 1. The minimum Gasteiger partial charge on any atom is -0.462 e. The van der Waals surface area contributed by atoms with Crippen molar-refractivity contribution in [3.8, 4) is 0 Å². The van der Waals surface area contributed by atoms with Crippen LogP contribution in [0.5, 0.6) is 0 Å². The lowest BCUT2D eigenvalue weighted by Crippen LogP contribution is -2.05. The van der Waals surface area contributed by atoms with Crippen molar-refractivity contribution in [1.82, 2.24) is 9.55 Å². The monoisotopic (exact) mass is 448 g/mol. The summed E-state index contributed by atoms with van der Waals surface area (Å²) in [6.45, 7) is 6.42. The Morgan fingerprint density at radius 2 is 1.84 bits per heavy atom. The molecule has 0 aliphatic carbocycles. The Labute approximate surface area is 192 Å². The fraction of sp³-hybridized carbons (Fsp3) is 0.308. The van der Waals surface area contributed by atoms with Gasteiger partial charge in [-0.3, -0.25) is 0 Å². The van der Waals surface area contributed by atoms with Crippen molar-refractivity contribution in [3.63, 3.8) is 0 Å². The summed E-state index contributed by atoms with van der Waals surface area (Å²) in [6.07, 6.45) is 0.905. The third kappa shape index (κ3) is 5.14. The second kappa shape index (κ2) is 10.7. The average Bonchev–Trinajstić information content (AvgIpc) is 3.17. The summed E-state index contributed by atoms with van der Waals surface area (Å²) in [5.41, 5.74) is 3.63. The number of carbonyl (C=O) groups excluding carboxylic acids is 1. The fourth-order valence-electron chi connectivity index (χ4n) is 3.72. The molecule has 0 atom stereocenters. The first kappa shape index (κ1) is 22.4. The van der Waals surface area contributed by atoms with Crippen LogP contribution in [-0.4, -0.2) is 35.3 Å². The Kier molecular flexibility index (Phi) is 7.45. The van der Waals surface area contributed by atoms with E-state index in [0.717, 1.165) is 41.5 Å². The van der Waals surface area contributed by atoms with Gasteiger partial charge in [-0.15, -0.1) is 0 Å². The highest BCUT2D eigenvalue weighted by atomic mass is 32.2. The predicted octanol–water partition coefficient (Wildman–Crippen LogP) is 6.09. The lowest BCUT2D eigenvalue weighted by Gasteiger charge is -2.10. The van der Waals surface area contributed by atoms with E-state index >= 15 is 0 Å². The van der Waals surface area contributed by atoms with Gasteiger partial charge in [0.05, 0.1) is 23.2 Å². The van der Waals surface area contributed by atoms with Crippen molar-refractivity contribution < 1.29 is 14.3 Å². The van der Waals surface area contributed by atoms with Gasteiger partial charge in [-0.05, 0) is 54.8 Å². The lowest BCUT2D eigenvalue weighted by atomic mass is 10.1. The molecule has 0 aliphatic rings. The molecule has 4 rings (SSSR count). The minimum absolute atomic E-state index is 0.314. The van der Waals surface area contributed by atoms with E-state index in [1.807, 2.05) is 32.0 Å². The molecule has 0 saturated carbocycles. The molecule has 0 radical (unpaired) electrons. The van der Waals surface area contributed by atoms with Gasteiger partial charge in [0, 0.05) is 25.5 Å². The van der Waals surface area contributed by atoms with Crippen LogP contribution in [0.3, 0.4) is 0 Å². The second-order valence-corrected chi connectivity index (χ2v) is 8.43. The largest absolute Gasteiger partial charge is 0.462 e. The van der Waals surface area contributed by atoms with Gasteiger partial charge in [0.25, 0.3) is 0 Å². The summed E-state index contributed by atoms with van der Waals surface area (Å²) in [5, 5.41) is 3.44. The number of aryl methyl sites for hydroxylation is 1. The number of nitrogens with zero attached hydrogens (tertiary/aromatic N) is 2. The van der Waals surface area contributed by atoms with Crippen LogP contribution >= 0.6 is 11.8 Å². The maximum Gasteiger partial charge on any atom is 0.338 e. The number of aromatic nitrogens is 2. The number of thioether (sulfide) groups is 1. The molecule has 32 heavy (non-hydrogen) atoms. The zero-order chi connectivity index (χ0) is 22.3. The summed E-state index contributed by atoms with van der Waals surface area (Å²) in [5.74, 6) is 0.510. The maximum atomic E-state index is 12.2. The number of rotatable bonds is 10. The molecule has 0 spiro atoms. The third-order valence-corrected chi connectivity index (χ3v) is 6.33. The zero-order valence-corrected chi connectivity index (χ0v) is 19.4. The van der Waals surface area contributed by atoms with Gasteiger partial charge in [0.2, 0.25) is 0 Å². The van der Waals surface area contributed by atoms with Crippen LogP contribution in [0.15, 0.2) is 65.8 Å². The average molecular weight is 449 g/mol. The highest BCUT2D eigenvalue weighted by Crippen LogP contribution is 2.29. The number of fused-ring (bicyclic) bond motifs is 2. The van der Waals surface area contributed by atoms with Gasteiger partial charge in [-0.1, -0.05) is 54.2 Å². The van der Waals surface area contributed by atoms with Crippen molar-refractivity contribution in [2.24, 2.45) is 0 Å². The fourth-order valence-corrected chi connectivity index (χ4v) is 4.70. The molecule has 0 unspecified atom stereocenters. The maximum absolute atomic E-state index is 12.2. The van der Waals surface area contributed by atoms with Crippen molar-refractivity contribution in [2.75, 3.05) is 19.8 Å². The quantitative estimate of drug-likeness (QED) is 0.167. The number of esters is 1. The molecular weight excluding hydrogens is 420 g/mol. The number of carbonyl (C=O) groups is 1. The first-order valence-corrected chi connectivity index (χ1v) is 12.0. The van der Waals surface area contributed by atoms with Crippen LogP contribution in [0.4, 0.5) is 0 Å². The molecule has 1 aromatic heterocycles. The third-order valence-electron chi connectivity index (χ3n) is 5.28. The van der Waals surface area contributed by atoms with Gasteiger partial charge >= 0.3 is 5.97 Å². The van der Waals surface area contributed by atoms with E-state index in [-0.39, 0.29) is 5.97 Å². The molecule has 5 nitrogen and oxygen atoms in total. The standard InChI is InChI=1S/C26H28N2O3S/c1-3-30-15-7-14-28-24-13-12-22(25(29)31-4-2)17-23(24)27-26(28)32-18-19-10-11-20-8-5-6-9-21(20)16-19/h5-6,8-13,16-17H,3-4,7,14-15,18H2,1-2H3. The first-order valence-electron chi connectivity index (χ1n) is 11.0. The van der Waals surface area contributed by atoms with E-state index in [9.17, 15) is 4.79 Å². The Morgan fingerprint density at radius 1 is 1.00 bits per heavy atom. The Hall–Kier alpha value is -2.83. The molecule has 4 aromatic rings. The Morgan fingerprint density at radius 3 is 2.66 bits per heavy atom. The molecule has 166 valence electrons. The minimum atomic E-state index is -0.314. The van der Waals surface area contributed by atoms with E-state index in [4.69, 9.17) is 14.5 Å². The molecule has 0 N–H and O–H groups in total. The van der Waals surface area contributed by atoms with Gasteiger partial charge in [-0.25, -0.2) is 9.78 Å². The van der Waals surface area contributed by atoms with Crippen LogP contribution < -0.4 is 0 Å². The predicted molar refractivity (Wildman–Crippen MR) is 130 cm³/mol. The Bertz CT molecular complexity index is 1220. The van der Waals surface area contributed by atoms with E-state index in [1.165, 1.54) is 16.3 Å². The van der Waals surface area contributed by atoms with Crippen LogP contribution in [0, 0.1) is 0 Å². The Balaban J connectivity index is 1.59. The number of benzene rings is 3. The second-order valence-electron chi connectivity index (χ2n) is 7.49. The van der Waals surface area contributed by atoms with Gasteiger partial charge in [0.15, 0.2) is 5.16 Å². The summed E-state index contributed by atoms with van der Waals surface area (Å²) >= 11 is 1.72. The molecule has 6 heteroatoms. The van der Waals surface area contributed by atoms with Crippen LogP contribution in [-0.2, 0) is 21.8 Å². The van der Waals surface area contributed by atoms with Gasteiger partial charge in [0.1, 0.15) is 0 Å². The van der Waals surface area contributed by atoms with E-state index in [0.29, 0.717) is 18.8 Å². The highest BCUT2D eigenvalue weighted by molar-refractivity contribution is 7.98. The summed E-state index contributed by atoms with van der Waals surface area (Å²) in [7, 11) is 0. The number of hydrogen-bond acceptors (Lipinski definition) is 5. The zero-order valence-electron chi connectivity index (χ0n) is 18.5. The van der Waals surface area contributed by atoms with Crippen molar-refractivity contribution in [1.29, 1.82) is 0 Å². The van der Waals surface area contributed by atoms with Crippen molar-refractivity contribution >= 4 is 39.5 Å². The molecule has 0 amide bonds. The van der Waals surface area contributed by atoms with Crippen molar-refractivity contribution in [2.45, 2.75) is 37.7 Å². The van der Waals surface area contributed by atoms with E-state index in [1.54, 1.807) is 11.8 Å².